The quantitative estimate of drug-likeness (QED) is 0.754. The third-order valence-electron chi connectivity index (χ3n) is 4.50. The Kier molecular flexibility index (Phi) is 5.98. The molecule has 1 unspecified atom stereocenters. The van der Waals surface area contributed by atoms with Crippen molar-refractivity contribution in [3.8, 4) is 0 Å². The largest absolute Gasteiger partial charge is 0.312 e. The Morgan fingerprint density at radius 3 is 2.96 bits per heavy atom. The number of aryl methyl sites for hydroxylation is 2. The predicted molar refractivity (Wildman–Crippen MR) is 103 cm³/mol. The van der Waals surface area contributed by atoms with Gasteiger partial charge in [0.1, 0.15) is 5.01 Å². The molecular formula is C19H24N4O2S. The zero-order valence-electron chi connectivity index (χ0n) is 15.2. The van der Waals surface area contributed by atoms with Gasteiger partial charge in [0, 0.05) is 25.1 Å². The Bertz CT molecular complexity index is 789. The van der Waals surface area contributed by atoms with E-state index in [1.165, 1.54) is 17.8 Å². The Morgan fingerprint density at radius 1 is 1.35 bits per heavy atom. The van der Waals surface area contributed by atoms with Gasteiger partial charge in [-0.1, -0.05) is 43.2 Å². The van der Waals surface area contributed by atoms with Crippen LogP contribution in [0.3, 0.4) is 0 Å². The third kappa shape index (κ3) is 4.46. The minimum Gasteiger partial charge on any atom is -0.312 e. The zero-order valence-corrected chi connectivity index (χ0v) is 16.0. The molecule has 0 bridgehead atoms. The summed E-state index contributed by atoms with van der Waals surface area (Å²) in [5, 5.41) is 12.5. The van der Waals surface area contributed by atoms with Gasteiger partial charge in [0.15, 0.2) is 0 Å². The number of hydrogen-bond donors (Lipinski definition) is 1. The summed E-state index contributed by atoms with van der Waals surface area (Å²) in [7, 11) is 0. The summed E-state index contributed by atoms with van der Waals surface area (Å²) in [5.74, 6) is -0.548. The summed E-state index contributed by atoms with van der Waals surface area (Å²) in [4.78, 5) is 26.5. The average Bonchev–Trinajstić information content (AvgIpc) is 3.22. The lowest BCUT2D eigenvalue weighted by Crippen LogP contribution is -2.28. The lowest BCUT2D eigenvalue weighted by molar-refractivity contribution is -0.122. The number of rotatable bonds is 7. The van der Waals surface area contributed by atoms with Crippen LogP contribution in [-0.4, -0.2) is 28.6 Å². The van der Waals surface area contributed by atoms with Crippen LogP contribution >= 0.6 is 11.3 Å². The van der Waals surface area contributed by atoms with Gasteiger partial charge in [-0.25, -0.2) is 0 Å². The summed E-state index contributed by atoms with van der Waals surface area (Å²) in [6, 6.07) is 7.78. The number of benzene rings is 1. The number of nitrogens with zero attached hydrogens (tertiary/aromatic N) is 3. The number of carbonyl (C=O) groups excluding carboxylic acids is 2. The minimum atomic E-state index is -0.365. The highest BCUT2D eigenvalue weighted by molar-refractivity contribution is 7.15. The van der Waals surface area contributed by atoms with Crippen molar-refractivity contribution in [3.63, 3.8) is 0 Å². The number of carbonyl (C=O) groups is 2. The van der Waals surface area contributed by atoms with E-state index in [2.05, 4.69) is 22.4 Å². The first-order valence-corrected chi connectivity index (χ1v) is 9.88. The molecule has 2 heterocycles. The van der Waals surface area contributed by atoms with Crippen LogP contribution < -0.4 is 10.2 Å². The summed E-state index contributed by atoms with van der Waals surface area (Å²) >= 11 is 1.42. The van der Waals surface area contributed by atoms with Gasteiger partial charge >= 0.3 is 0 Å². The minimum absolute atomic E-state index is 0.0201. The van der Waals surface area contributed by atoms with Gasteiger partial charge in [0.2, 0.25) is 16.9 Å². The van der Waals surface area contributed by atoms with Crippen molar-refractivity contribution >= 4 is 34.0 Å². The van der Waals surface area contributed by atoms with Gasteiger partial charge in [0.05, 0.1) is 5.92 Å². The molecule has 1 aliphatic heterocycles. The van der Waals surface area contributed by atoms with E-state index < -0.39 is 0 Å². The molecule has 2 aromatic rings. The number of aromatic nitrogens is 2. The molecule has 1 N–H and O–H groups in total. The van der Waals surface area contributed by atoms with Crippen molar-refractivity contribution in [1.29, 1.82) is 0 Å². The van der Waals surface area contributed by atoms with Crippen LogP contribution in [0.4, 0.5) is 10.8 Å². The number of anilines is 2. The van der Waals surface area contributed by atoms with E-state index in [0.29, 0.717) is 11.7 Å². The first-order chi connectivity index (χ1) is 12.6. The zero-order chi connectivity index (χ0) is 18.5. The molecule has 7 heteroatoms. The standard InChI is InChI=1S/C19H24N4O2S/c1-3-4-5-9-16-21-22-19(26-16)20-18(25)14-11-17(24)23(12-14)15-8-6-7-13(2)10-15/h6-8,10,14H,3-5,9,11-12H2,1-2H3,(H,20,22,25). The van der Waals surface area contributed by atoms with Crippen LogP contribution in [0.2, 0.25) is 0 Å². The molecule has 0 aliphatic carbocycles. The van der Waals surface area contributed by atoms with Crippen LogP contribution in [0, 0.1) is 12.8 Å². The van der Waals surface area contributed by atoms with Crippen molar-refractivity contribution in [2.75, 3.05) is 16.8 Å². The predicted octanol–water partition coefficient (Wildman–Crippen LogP) is 3.57. The molecule has 26 heavy (non-hydrogen) atoms. The van der Waals surface area contributed by atoms with E-state index >= 15 is 0 Å². The molecule has 1 fully saturated rings. The van der Waals surface area contributed by atoms with Crippen LogP contribution in [0.25, 0.3) is 0 Å². The first-order valence-electron chi connectivity index (χ1n) is 9.07. The molecule has 0 saturated carbocycles. The number of amides is 2. The molecule has 1 saturated heterocycles. The van der Waals surface area contributed by atoms with Gasteiger partial charge in [-0.05, 0) is 31.0 Å². The van der Waals surface area contributed by atoms with E-state index in [1.807, 2.05) is 31.2 Å². The van der Waals surface area contributed by atoms with Gasteiger partial charge in [0.25, 0.3) is 0 Å². The Morgan fingerprint density at radius 2 is 2.19 bits per heavy atom. The number of unbranched alkanes of at least 4 members (excludes halogenated alkanes) is 2. The fourth-order valence-electron chi connectivity index (χ4n) is 3.07. The highest BCUT2D eigenvalue weighted by atomic mass is 32.1. The van der Waals surface area contributed by atoms with E-state index in [-0.39, 0.29) is 24.2 Å². The van der Waals surface area contributed by atoms with E-state index in [0.717, 1.165) is 35.5 Å². The second-order valence-corrected chi connectivity index (χ2v) is 7.75. The maximum Gasteiger partial charge on any atom is 0.231 e. The second kappa shape index (κ2) is 8.40. The van der Waals surface area contributed by atoms with Crippen molar-refractivity contribution in [2.45, 2.75) is 46.0 Å². The molecule has 1 aromatic carbocycles. The Balaban J connectivity index is 1.58. The normalized spacial score (nSPS) is 16.9. The first kappa shape index (κ1) is 18.5. The number of hydrogen-bond acceptors (Lipinski definition) is 5. The van der Waals surface area contributed by atoms with Gasteiger partial charge in [-0.3, -0.25) is 9.59 Å². The van der Waals surface area contributed by atoms with Gasteiger partial charge < -0.3 is 10.2 Å². The Labute approximate surface area is 157 Å². The molecule has 0 radical (unpaired) electrons. The van der Waals surface area contributed by atoms with Crippen molar-refractivity contribution in [3.05, 3.63) is 34.8 Å². The molecule has 138 valence electrons. The highest BCUT2D eigenvalue weighted by Crippen LogP contribution is 2.27. The molecule has 1 aliphatic rings. The summed E-state index contributed by atoms with van der Waals surface area (Å²) in [6.45, 7) is 4.55. The fraction of sp³-hybridized carbons (Fsp3) is 0.474. The third-order valence-corrected chi connectivity index (χ3v) is 5.40. The molecule has 2 amide bonds. The van der Waals surface area contributed by atoms with Gasteiger partial charge in [-0.2, -0.15) is 0 Å². The molecule has 1 atom stereocenters. The maximum atomic E-state index is 12.5. The number of nitrogens with one attached hydrogen (secondary N) is 1. The van der Waals surface area contributed by atoms with E-state index in [9.17, 15) is 9.59 Å². The van der Waals surface area contributed by atoms with Crippen molar-refractivity contribution < 1.29 is 9.59 Å². The molecule has 6 nitrogen and oxygen atoms in total. The summed E-state index contributed by atoms with van der Waals surface area (Å²) in [5.41, 5.74) is 1.94. The summed E-state index contributed by atoms with van der Waals surface area (Å²) in [6.07, 6.45) is 4.53. The van der Waals surface area contributed by atoms with Gasteiger partial charge in [-0.15, -0.1) is 10.2 Å². The summed E-state index contributed by atoms with van der Waals surface area (Å²) < 4.78 is 0. The average molecular weight is 372 g/mol. The fourth-order valence-corrected chi connectivity index (χ4v) is 3.85. The topological polar surface area (TPSA) is 75.2 Å². The lowest BCUT2D eigenvalue weighted by Gasteiger charge is -2.17. The molecular weight excluding hydrogens is 348 g/mol. The molecule has 1 aromatic heterocycles. The molecule has 0 spiro atoms. The van der Waals surface area contributed by atoms with Crippen LogP contribution in [0.15, 0.2) is 24.3 Å². The maximum absolute atomic E-state index is 12.5. The van der Waals surface area contributed by atoms with Crippen LogP contribution in [0.5, 0.6) is 0 Å². The SMILES string of the molecule is CCCCCc1nnc(NC(=O)C2CC(=O)N(c3cccc(C)c3)C2)s1. The molecule has 3 rings (SSSR count). The van der Waals surface area contributed by atoms with Crippen molar-refractivity contribution in [2.24, 2.45) is 5.92 Å². The van der Waals surface area contributed by atoms with Crippen molar-refractivity contribution in [1.82, 2.24) is 10.2 Å². The monoisotopic (exact) mass is 372 g/mol. The second-order valence-electron chi connectivity index (χ2n) is 6.69. The van der Waals surface area contributed by atoms with E-state index in [4.69, 9.17) is 0 Å². The Hall–Kier alpha value is -2.28. The van der Waals surface area contributed by atoms with Crippen LogP contribution in [-0.2, 0) is 16.0 Å². The highest BCUT2D eigenvalue weighted by Gasteiger charge is 2.35. The lowest BCUT2D eigenvalue weighted by atomic mass is 10.1. The smallest absolute Gasteiger partial charge is 0.231 e. The van der Waals surface area contributed by atoms with E-state index in [1.54, 1.807) is 4.90 Å². The van der Waals surface area contributed by atoms with Crippen LogP contribution in [0.1, 0.15) is 43.2 Å².